The lowest BCUT2D eigenvalue weighted by Gasteiger charge is -2.20. The average Bonchev–Trinajstić information content (AvgIpc) is 2.04. The third kappa shape index (κ3) is 3.68. The Hall–Kier alpha value is 0.110. The van der Waals surface area contributed by atoms with Crippen molar-refractivity contribution in [3.05, 3.63) is 0 Å². The Morgan fingerprint density at radius 2 is 2.00 bits per heavy atom. The van der Waals surface area contributed by atoms with Crippen molar-refractivity contribution in [1.29, 1.82) is 0 Å². The van der Waals surface area contributed by atoms with Crippen LogP contribution in [0.1, 0.15) is 13.8 Å². The molecule has 0 aliphatic rings. The van der Waals surface area contributed by atoms with Gasteiger partial charge in [-0.25, -0.2) is 5.09 Å². The first-order valence-corrected chi connectivity index (χ1v) is 5.81. The molecule has 0 saturated carbocycles. The molecule has 0 fully saturated rings. The van der Waals surface area contributed by atoms with Crippen molar-refractivity contribution in [2.75, 3.05) is 27.2 Å². The van der Waals surface area contributed by atoms with Gasteiger partial charge in [-0.1, -0.05) is 13.8 Å². The molecule has 0 aromatic heterocycles. The molecule has 0 aliphatic heterocycles. The van der Waals surface area contributed by atoms with Crippen molar-refractivity contribution in [1.82, 2.24) is 10.4 Å². The van der Waals surface area contributed by atoms with Crippen LogP contribution >= 0.6 is 7.52 Å². The van der Waals surface area contributed by atoms with Crippen molar-refractivity contribution in [2.24, 2.45) is 0 Å². The number of hydrogen-bond donors (Lipinski definition) is 2. The van der Waals surface area contributed by atoms with E-state index in [2.05, 4.69) is 10.4 Å². The van der Waals surface area contributed by atoms with Gasteiger partial charge in [0.2, 0.25) is 0 Å². The Morgan fingerprint density at radius 3 is 2.33 bits per heavy atom. The first-order valence-electron chi connectivity index (χ1n) is 4.12. The molecule has 0 aliphatic carbocycles. The molecule has 0 radical (unpaired) electrons. The topological polar surface area (TPSA) is 50.4 Å². The van der Waals surface area contributed by atoms with Crippen LogP contribution in [0.4, 0.5) is 0 Å². The van der Waals surface area contributed by atoms with Crippen molar-refractivity contribution < 1.29 is 9.09 Å². The Labute approximate surface area is 74.6 Å². The standard InChI is InChI=1S/C7H19N2O2P/c1-7(2)12(10,11-4)9-6-5-8-3/h7-8H,5-6H2,1-4H3,(H,9,10). The molecule has 0 aromatic carbocycles. The normalized spacial score (nSPS) is 16.4. The number of nitrogens with one attached hydrogen (secondary N) is 2. The summed E-state index contributed by atoms with van der Waals surface area (Å²) >= 11 is 0. The van der Waals surface area contributed by atoms with Gasteiger partial charge in [0.25, 0.3) is 7.52 Å². The third-order valence-electron chi connectivity index (χ3n) is 1.66. The molecule has 5 heteroatoms. The molecule has 0 spiro atoms. The molecule has 0 bridgehead atoms. The molecule has 0 rings (SSSR count). The van der Waals surface area contributed by atoms with Gasteiger partial charge < -0.3 is 9.84 Å². The van der Waals surface area contributed by atoms with E-state index in [4.69, 9.17) is 4.52 Å². The van der Waals surface area contributed by atoms with Gasteiger partial charge in [0.1, 0.15) is 0 Å². The first kappa shape index (κ1) is 12.1. The number of likely N-dealkylation sites (N-methyl/N-ethyl adjacent to an activating group) is 1. The quantitative estimate of drug-likeness (QED) is 0.490. The Bertz CT molecular complexity index is 161. The molecule has 1 atom stereocenters. The van der Waals surface area contributed by atoms with Gasteiger partial charge in [0, 0.05) is 25.9 Å². The SMILES string of the molecule is CNCCNP(=O)(OC)C(C)C. The van der Waals surface area contributed by atoms with Crippen LogP contribution in [0, 0.1) is 0 Å². The lowest BCUT2D eigenvalue weighted by atomic mass is 10.6. The van der Waals surface area contributed by atoms with E-state index in [-0.39, 0.29) is 5.66 Å². The number of hydrogen-bond acceptors (Lipinski definition) is 3. The zero-order chi connectivity index (χ0) is 9.61. The minimum absolute atomic E-state index is 0.0272. The number of rotatable bonds is 6. The summed E-state index contributed by atoms with van der Waals surface area (Å²) < 4.78 is 16.8. The highest BCUT2D eigenvalue weighted by Crippen LogP contribution is 2.45. The highest BCUT2D eigenvalue weighted by atomic mass is 31.2. The maximum absolute atomic E-state index is 11.8. The molecular formula is C7H19N2O2P. The second-order valence-electron chi connectivity index (χ2n) is 2.89. The van der Waals surface area contributed by atoms with Crippen LogP contribution in [0.3, 0.4) is 0 Å². The molecule has 0 amide bonds. The smallest absolute Gasteiger partial charge is 0.272 e. The van der Waals surface area contributed by atoms with Crippen LogP contribution < -0.4 is 10.4 Å². The molecule has 4 nitrogen and oxygen atoms in total. The van der Waals surface area contributed by atoms with E-state index in [0.29, 0.717) is 6.54 Å². The molecule has 12 heavy (non-hydrogen) atoms. The third-order valence-corrected chi connectivity index (χ3v) is 4.22. The van der Waals surface area contributed by atoms with Crippen molar-refractivity contribution in [3.63, 3.8) is 0 Å². The first-order chi connectivity index (χ1) is 5.56. The van der Waals surface area contributed by atoms with Gasteiger partial charge >= 0.3 is 0 Å². The minimum Gasteiger partial charge on any atom is -0.321 e. The molecule has 0 aromatic rings. The molecular weight excluding hydrogens is 175 g/mol. The van der Waals surface area contributed by atoms with Crippen molar-refractivity contribution in [3.8, 4) is 0 Å². The predicted octanol–water partition coefficient (Wildman–Crippen LogP) is 1.04. The average molecular weight is 194 g/mol. The Morgan fingerprint density at radius 1 is 1.42 bits per heavy atom. The van der Waals surface area contributed by atoms with Gasteiger partial charge in [0.15, 0.2) is 0 Å². The summed E-state index contributed by atoms with van der Waals surface area (Å²) in [6, 6.07) is 0. The van der Waals surface area contributed by atoms with Crippen LogP contribution in [-0.4, -0.2) is 32.9 Å². The highest BCUT2D eigenvalue weighted by molar-refractivity contribution is 7.57. The van der Waals surface area contributed by atoms with E-state index >= 15 is 0 Å². The molecule has 1 unspecified atom stereocenters. The summed E-state index contributed by atoms with van der Waals surface area (Å²) in [5.74, 6) is 0. The zero-order valence-corrected chi connectivity index (χ0v) is 9.15. The van der Waals surface area contributed by atoms with E-state index in [1.807, 2.05) is 20.9 Å². The largest absolute Gasteiger partial charge is 0.321 e. The fourth-order valence-electron chi connectivity index (χ4n) is 0.795. The van der Waals surface area contributed by atoms with E-state index in [1.54, 1.807) is 0 Å². The van der Waals surface area contributed by atoms with Gasteiger partial charge in [-0.05, 0) is 7.05 Å². The van der Waals surface area contributed by atoms with Crippen molar-refractivity contribution in [2.45, 2.75) is 19.5 Å². The van der Waals surface area contributed by atoms with Gasteiger partial charge in [-0.15, -0.1) is 0 Å². The van der Waals surface area contributed by atoms with Crippen LogP contribution in [-0.2, 0) is 9.09 Å². The van der Waals surface area contributed by atoms with Crippen LogP contribution in [0.25, 0.3) is 0 Å². The van der Waals surface area contributed by atoms with E-state index in [0.717, 1.165) is 6.54 Å². The molecule has 0 heterocycles. The van der Waals surface area contributed by atoms with Crippen LogP contribution in [0.2, 0.25) is 0 Å². The molecule has 74 valence electrons. The summed E-state index contributed by atoms with van der Waals surface area (Å²) in [6.07, 6.45) is 0. The summed E-state index contributed by atoms with van der Waals surface area (Å²) in [4.78, 5) is 0. The fraction of sp³-hybridized carbons (Fsp3) is 1.00. The molecule has 0 saturated heterocycles. The predicted molar refractivity (Wildman–Crippen MR) is 51.7 cm³/mol. The maximum atomic E-state index is 11.8. The van der Waals surface area contributed by atoms with E-state index < -0.39 is 7.52 Å². The summed E-state index contributed by atoms with van der Waals surface area (Å²) in [6.45, 7) is 5.23. The van der Waals surface area contributed by atoms with Gasteiger partial charge in [0.05, 0.1) is 0 Å². The monoisotopic (exact) mass is 194 g/mol. The second kappa shape index (κ2) is 5.70. The van der Waals surface area contributed by atoms with E-state index in [9.17, 15) is 4.57 Å². The Balaban J connectivity index is 3.89. The highest BCUT2D eigenvalue weighted by Gasteiger charge is 2.24. The second-order valence-corrected chi connectivity index (χ2v) is 5.79. The summed E-state index contributed by atoms with van der Waals surface area (Å²) in [7, 11) is 0.743. The van der Waals surface area contributed by atoms with Crippen molar-refractivity contribution >= 4 is 7.52 Å². The molecule has 2 N–H and O–H groups in total. The summed E-state index contributed by atoms with van der Waals surface area (Å²) in [5, 5.41) is 5.88. The van der Waals surface area contributed by atoms with Crippen LogP contribution in [0.15, 0.2) is 0 Å². The zero-order valence-electron chi connectivity index (χ0n) is 8.26. The lowest BCUT2D eigenvalue weighted by molar-refractivity contribution is 0.374. The lowest BCUT2D eigenvalue weighted by Crippen LogP contribution is -2.26. The van der Waals surface area contributed by atoms with Gasteiger partial charge in [-0.3, -0.25) is 4.57 Å². The fourth-order valence-corrected chi connectivity index (χ4v) is 2.13. The summed E-state index contributed by atoms with van der Waals surface area (Å²) in [5.41, 5.74) is 0.0272. The maximum Gasteiger partial charge on any atom is 0.272 e. The Kier molecular flexibility index (Phi) is 5.76. The van der Waals surface area contributed by atoms with Crippen LogP contribution in [0.5, 0.6) is 0 Å². The van der Waals surface area contributed by atoms with Gasteiger partial charge in [-0.2, -0.15) is 0 Å². The minimum atomic E-state index is -2.59. The van der Waals surface area contributed by atoms with E-state index in [1.165, 1.54) is 7.11 Å².